The Morgan fingerprint density at radius 2 is 1.91 bits per heavy atom. The van der Waals surface area contributed by atoms with E-state index in [-0.39, 0.29) is 11.7 Å². The Kier molecular flexibility index (Phi) is 4.43. The summed E-state index contributed by atoms with van der Waals surface area (Å²) in [6, 6.07) is 14.3. The fourth-order valence-corrected chi connectivity index (χ4v) is 2.18. The molecule has 0 aliphatic rings. The van der Waals surface area contributed by atoms with E-state index >= 15 is 0 Å². The maximum atomic E-state index is 12.0. The number of carbonyl (C=O) groups excluding carboxylic acids is 1. The summed E-state index contributed by atoms with van der Waals surface area (Å²) in [4.78, 5) is 16.1. The number of furan rings is 1. The summed E-state index contributed by atoms with van der Waals surface area (Å²) in [6.07, 6.45) is 1.53. The molecule has 3 rings (SSSR count). The molecule has 0 saturated carbocycles. The zero-order valence-corrected chi connectivity index (χ0v) is 13.8. The number of anilines is 1. The molecule has 2 heterocycles. The molecule has 1 N–H and O–H groups in total. The molecular formula is C17H13BrN2O3. The Morgan fingerprint density at radius 1 is 1.13 bits per heavy atom. The van der Waals surface area contributed by atoms with Crippen LogP contribution in [0.3, 0.4) is 0 Å². The van der Waals surface area contributed by atoms with Gasteiger partial charge in [-0.3, -0.25) is 4.79 Å². The summed E-state index contributed by atoms with van der Waals surface area (Å²) in [5, 5.41) is 2.70. The van der Waals surface area contributed by atoms with Crippen molar-refractivity contribution in [1.82, 2.24) is 4.98 Å². The summed E-state index contributed by atoms with van der Waals surface area (Å²) in [5.74, 6) is 1.04. The summed E-state index contributed by atoms with van der Waals surface area (Å²) in [7, 11) is 0. The molecule has 116 valence electrons. The number of amides is 1. The van der Waals surface area contributed by atoms with Gasteiger partial charge < -0.3 is 14.5 Å². The normalized spacial score (nSPS) is 10.3. The third-order valence-corrected chi connectivity index (χ3v) is 3.46. The predicted molar refractivity (Wildman–Crippen MR) is 89.9 cm³/mol. The van der Waals surface area contributed by atoms with E-state index in [2.05, 4.69) is 26.2 Å². The number of nitrogens with zero attached hydrogens (tertiary/aromatic N) is 1. The molecule has 0 saturated heterocycles. The maximum absolute atomic E-state index is 12.0. The van der Waals surface area contributed by atoms with E-state index in [1.54, 1.807) is 24.3 Å². The van der Waals surface area contributed by atoms with Gasteiger partial charge in [0.15, 0.2) is 10.4 Å². The lowest BCUT2D eigenvalue weighted by molar-refractivity contribution is 0.0995. The molecule has 0 unspecified atom stereocenters. The molecule has 5 nitrogen and oxygen atoms in total. The number of benzene rings is 1. The zero-order valence-electron chi connectivity index (χ0n) is 12.2. The highest BCUT2D eigenvalue weighted by Crippen LogP contribution is 2.21. The number of ether oxygens (including phenoxy) is 1. The molecule has 23 heavy (non-hydrogen) atoms. The molecule has 2 aromatic heterocycles. The van der Waals surface area contributed by atoms with Crippen LogP contribution in [0.2, 0.25) is 0 Å². The van der Waals surface area contributed by atoms with Crippen LogP contribution >= 0.6 is 15.9 Å². The highest BCUT2D eigenvalue weighted by molar-refractivity contribution is 9.10. The first-order valence-electron chi connectivity index (χ1n) is 6.87. The Bertz CT molecular complexity index is 811. The van der Waals surface area contributed by atoms with E-state index in [4.69, 9.17) is 9.15 Å². The van der Waals surface area contributed by atoms with Crippen molar-refractivity contribution in [2.24, 2.45) is 0 Å². The van der Waals surface area contributed by atoms with E-state index < -0.39 is 0 Å². The Morgan fingerprint density at radius 3 is 2.52 bits per heavy atom. The number of hydrogen-bond donors (Lipinski definition) is 1. The Labute approximate surface area is 141 Å². The molecule has 6 heteroatoms. The standard InChI is InChI=1S/C17H13BrN2O3/c1-11-2-5-13(6-3-11)22-16-9-4-12(10-19-16)20-17(21)14-7-8-15(18)23-14/h2-10H,1H3,(H,20,21). The van der Waals surface area contributed by atoms with Crippen LogP contribution < -0.4 is 10.1 Å². The number of nitrogens with one attached hydrogen (secondary N) is 1. The minimum Gasteiger partial charge on any atom is -0.444 e. The van der Waals surface area contributed by atoms with Gasteiger partial charge in [-0.1, -0.05) is 17.7 Å². The van der Waals surface area contributed by atoms with Crippen molar-refractivity contribution in [1.29, 1.82) is 0 Å². The van der Waals surface area contributed by atoms with E-state index in [0.717, 1.165) is 5.56 Å². The molecule has 0 bridgehead atoms. The van der Waals surface area contributed by atoms with Crippen LogP contribution in [-0.4, -0.2) is 10.9 Å². The minimum atomic E-state index is -0.343. The third-order valence-electron chi connectivity index (χ3n) is 3.03. The van der Waals surface area contributed by atoms with E-state index in [9.17, 15) is 4.79 Å². The van der Waals surface area contributed by atoms with Crippen LogP contribution in [0.4, 0.5) is 5.69 Å². The first-order chi connectivity index (χ1) is 11.1. The number of carbonyl (C=O) groups is 1. The van der Waals surface area contributed by atoms with Crippen LogP contribution in [0.15, 0.2) is 63.8 Å². The van der Waals surface area contributed by atoms with Gasteiger partial charge in [0.05, 0.1) is 11.9 Å². The maximum Gasteiger partial charge on any atom is 0.291 e. The molecule has 3 aromatic rings. The molecule has 1 amide bonds. The molecular weight excluding hydrogens is 360 g/mol. The van der Waals surface area contributed by atoms with Crippen LogP contribution in [0.5, 0.6) is 11.6 Å². The van der Waals surface area contributed by atoms with Gasteiger partial charge in [0, 0.05) is 6.07 Å². The second kappa shape index (κ2) is 6.66. The minimum absolute atomic E-state index is 0.219. The Hall–Kier alpha value is -2.60. The van der Waals surface area contributed by atoms with Crippen molar-refractivity contribution < 1.29 is 13.9 Å². The lowest BCUT2D eigenvalue weighted by Gasteiger charge is -2.06. The van der Waals surface area contributed by atoms with Gasteiger partial charge in [-0.15, -0.1) is 0 Å². The van der Waals surface area contributed by atoms with Gasteiger partial charge >= 0.3 is 0 Å². The smallest absolute Gasteiger partial charge is 0.291 e. The van der Waals surface area contributed by atoms with Gasteiger partial charge in [0.1, 0.15) is 5.75 Å². The quantitative estimate of drug-likeness (QED) is 0.714. The lowest BCUT2D eigenvalue weighted by atomic mass is 10.2. The van der Waals surface area contributed by atoms with Crippen molar-refractivity contribution in [2.75, 3.05) is 5.32 Å². The summed E-state index contributed by atoms with van der Waals surface area (Å²) >= 11 is 3.16. The van der Waals surface area contributed by atoms with Crippen molar-refractivity contribution in [3.63, 3.8) is 0 Å². The number of rotatable bonds is 4. The van der Waals surface area contributed by atoms with Gasteiger partial charge in [0.25, 0.3) is 5.91 Å². The highest BCUT2D eigenvalue weighted by atomic mass is 79.9. The third kappa shape index (κ3) is 3.98. The molecule has 0 radical (unpaired) electrons. The predicted octanol–water partition coefficient (Wildman–Crippen LogP) is 4.79. The number of pyridine rings is 1. The van der Waals surface area contributed by atoms with Gasteiger partial charge in [-0.05, 0) is 53.2 Å². The lowest BCUT2D eigenvalue weighted by Crippen LogP contribution is -2.10. The second-order valence-corrected chi connectivity index (χ2v) is 5.64. The average molecular weight is 373 g/mol. The van der Waals surface area contributed by atoms with Gasteiger partial charge in [-0.2, -0.15) is 0 Å². The largest absolute Gasteiger partial charge is 0.444 e. The summed E-state index contributed by atoms with van der Waals surface area (Å²) in [5.41, 5.74) is 1.71. The summed E-state index contributed by atoms with van der Waals surface area (Å²) < 4.78 is 11.3. The topological polar surface area (TPSA) is 64.4 Å². The molecule has 0 spiro atoms. The van der Waals surface area contributed by atoms with Crippen LogP contribution in [0, 0.1) is 6.92 Å². The number of hydrogen-bond acceptors (Lipinski definition) is 4. The molecule has 0 aliphatic carbocycles. The van der Waals surface area contributed by atoms with Crippen LogP contribution in [0.1, 0.15) is 16.1 Å². The van der Waals surface area contributed by atoms with Gasteiger partial charge in [0.2, 0.25) is 5.88 Å². The zero-order chi connectivity index (χ0) is 16.2. The fourth-order valence-electron chi connectivity index (χ4n) is 1.87. The van der Waals surface area contributed by atoms with Crippen molar-refractivity contribution in [3.05, 3.63) is 70.7 Å². The van der Waals surface area contributed by atoms with Gasteiger partial charge in [-0.25, -0.2) is 4.98 Å². The van der Waals surface area contributed by atoms with E-state index in [1.165, 1.54) is 6.20 Å². The SMILES string of the molecule is Cc1ccc(Oc2ccc(NC(=O)c3ccc(Br)o3)cn2)cc1. The average Bonchev–Trinajstić information content (AvgIpc) is 2.98. The van der Waals surface area contributed by atoms with Crippen molar-refractivity contribution >= 4 is 27.5 Å². The molecule has 0 atom stereocenters. The van der Waals surface area contributed by atoms with Crippen LogP contribution in [0.25, 0.3) is 0 Å². The highest BCUT2D eigenvalue weighted by Gasteiger charge is 2.11. The van der Waals surface area contributed by atoms with Crippen molar-refractivity contribution in [2.45, 2.75) is 6.92 Å². The monoisotopic (exact) mass is 372 g/mol. The van der Waals surface area contributed by atoms with E-state index in [1.807, 2.05) is 31.2 Å². The fraction of sp³-hybridized carbons (Fsp3) is 0.0588. The van der Waals surface area contributed by atoms with Crippen LogP contribution in [-0.2, 0) is 0 Å². The second-order valence-electron chi connectivity index (χ2n) is 4.86. The first-order valence-corrected chi connectivity index (χ1v) is 7.67. The molecule has 1 aromatic carbocycles. The van der Waals surface area contributed by atoms with E-state index in [0.29, 0.717) is 22.0 Å². The first kappa shape index (κ1) is 15.3. The Balaban J connectivity index is 1.65. The summed E-state index contributed by atoms with van der Waals surface area (Å²) in [6.45, 7) is 2.01. The number of aryl methyl sites for hydroxylation is 1. The number of aromatic nitrogens is 1. The molecule has 0 aliphatic heterocycles. The number of halogens is 1. The van der Waals surface area contributed by atoms with Crippen molar-refractivity contribution in [3.8, 4) is 11.6 Å². The molecule has 0 fully saturated rings.